The zero-order chi connectivity index (χ0) is 14.0. The summed E-state index contributed by atoms with van der Waals surface area (Å²) < 4.78 is 7.94. The summed E-state index contributed by atoms with van der Waals surface area (Å²) in [4.78, 5) is 0. The first kappa shape index (κ1) is 17.8. The first-order valence-electron chi connectivity index (χ1n) is 6.14. The molecule has 20 heavy (non-hydrogen) atoms. The minimum Gasteiger partial charge on any atom is -0.460 e. The number of nitrogens with one attached hydrogen (secondary N) is 1. The van der Waals surface area contributed by atoms with Crippen LogP contribution in [0.4, 0.5) is 0 Å². The Hall–Kier alpha value is -0.290. The lowest BCUT2D eigenvalue weighted by atomic mass is 10.1. The van der Waals surface area contributed by atoms with Crippen LogP contribution in [-0.4, -0.2) is 5.54 Å². The number of hydrogen-bond acceptors (Lipinski definition) is 2. The van der Waals surface area contributed by atoms with E-state index in [9.17, 15) is 0 Å². The first-order chi connectivity index (χ1) is 8.85. The average molecular weight is 424 g/mol. The molecule has 1 aromatic carbocycles. The van der Waals surface area contributed by atoms with E-state index in [0.29, 0.717) is 0 Å². The van der Waals surface area contributed by atoms with Gasteiger partial charge in [0.2, 0.25) is 0 Å². The monoisotopic (exact) mass is 421 g/mol. The molecule has 0 unspecified atom stereocenters. The van der Waals surface area contributed by atoms with Crippen molar-refractivity contribution in [1.82, 2.24) is 5.32 Å². The molecule has 0 spiro atoms. The van der Waals surface area contributed by atoms with Gasteiger partial charge in [0.25, 0.3) is 0 Å². The van der Waals surface area contributed by atoms with E-state index in [0.717, 1.165) is 32.6 Å². The third kappa shape index (κ3) is 4.92. The van der Waals surface area contributed by atoms with Crippen LogP contribution in [0.2, 0.25) is 0 Å². The predicted octanol–water partition coefficient (Wildman–Crippen LogP) is 5.78. The summed E-state index contributed by atoms with van der Waals surface area (Å²) >= 11 is 7.01. The van der Waals surface area contributed by atoms with Gasteiger partial charge < -0.3 is 9.73 Å². The van der Waals surface area contributed by atoms with Gasteiger partial charge in [-0.05, 0) is 67.0 Å². The van der Waals surface area contributed by atoms with Crippen molar-refractivity contribution in [3.63, 3.8) is 0 Å². The molecule has 1 N–H and O–H groups in total. The molecule has 2 rings (SSSR count). The Morgan fingerprint density at radius 2 is 1.80 bits per heavy atom. The van der Waals surface area contributed by atoms with Gasteiger partial charge >= 0.3 is 0 Å². The lowest BCUT2D eigenvalue weighted by Crippen LogP contribution is -2.34. The highest BCUT2D eigenvalue weighted by molar-refractivity contribution is 9.11. The molecule has 0 saturated carbocycles. The highest BCUT2D eigenvalue weighted by Gasteiger charge is 2.12. The van der Waals surface area contributed by atoms with E-state index in [1.807, 2.05) is 30.3 Å². The molecule has 1 aromatic heterocycles. The molecule has 5 heteroatoms. The normalized spacial score (nSPS) is 11.2. The van der Waals surface area contributed by atoms with Crippen molar-refractivity contribution in [3.8, 4) is 11.3 Å². The summed E-state index contributed by atoms with van der Waals surface area (Å²) in [6.45, 7) is 7.16. The van der Waals surface area contributed by atoms with Crippen molar-refractivity contribution < 1.29 is 4.42 Å². The molecule has 0 aliphatic carbocycles. The van der Waals surface area contributed by atoms with Crippen molar-refractivity contribution in [2.75, 3.05) is 0 Å². The van der Waals surface area contributed by atoms with Crippen molar-refractivity contribution in [3.05, 3.63) is 45.0 Å². The smallest absolute Gasteiger partial charge is 0.135 e. The Balaban J connectivity index is 0.00000200. The number of furan rings is 1. The van der Waals surface area contributed by atoms with Gasteiger partial charge in [0.15, 0.2) is 0 Å². The van der Waals surface area contributed by atoms with Crippen LogP contribution in [0.5, 0.6) is 0 Å². The van der Waals surface area contributed by atoms with E-state index in [4.69, 9.17) is 4.42 Å². The molecule has 1 heterocycles. The fourth-order valence-electron chi connectivity index (χ4n) is 1.66. The van der Waals surface area contributed by atoms with Gasteiger partial charge in [0.05, 0.1) is 6.54 Å². The lowest BCUT2D eigenvalue weighted by molar-refractivity contribution is 0.391. The molecule has 0 aliphatic rings. The van der Waals surface area contributed by atoms with Gasteiger partial charge in [-0.1, -0.05) is 15.9 Å². The third-order valence-corrected chi connectivity index (χ3v) is 3.80. The van der Waals surface area contributed by atoms with Crippen molar-refractivity contribution in [1.29, 1.82) is 0 Å². The van der Waals surface area contributed by atoms with Crippen LogP contribution in [0, 0.1) is 0 Å². The van der Waals surface area contributed by atoms with Crippen LogP contribution in [0.15, 0.2) is 43.7 Å². The van der Waals surface area contributed by atoms with Gasteiger partial charge in [0.1, 0.15) is 11.5 Å². The fourth-order valence-corrected chi connectivity index (χ4v) is 2.90. The minimum atomic E-state index is 0. The quantitative estimate of drug-likeness (QED) is 0.677. The van der Waals surface area contributed by atoms with Crippen LogP contribution in [0.1, 0.15) is 26.5 Å². The van der Waals surface area contributed by atoms with Gasteiger partial charge in [-0.3, -0.25) is 0 Å². The van der Waals surface area contributed by atoms with E-state index in [1.54, 1.807) is 0 Å². The van der Waals surface area contributed by atoms with E-state index >= 15 is 0 Å². The SMILES string of the molecule is CC(C)(C)NCc1ccc(-c2ccc(Br)cc2Br)o1.Cl. The van der Waals surface area contributed by atoms with Gasteiger partial charge in [-0.15, -0.1) is 12.4 Å². The molecule has 0 bridgehead atoms. The maximum Gasteiger partial charge on any atom is 0.135 e. The highest BCUT2D eigenvalue weighted by Crippen LogP contribution is 2.31. The molecule has 0 saturated heterocycles. The number of halogens is 3. The predicted molar refractivity (Wildman–Crippen MR) is 93.4 cm³/mol. The second-order valence-corrected chi connectivity index (χ2v) is 7.26. The molecule has 0 fully saturated rings. The van der Waals surface area contributed by atoms with Gasteiger partial charge in [-0.2, -0.15) is 0 Å². The Morgan fingerprint density at radius 1 is 1.10 bits per heavy atom. The topological polar surface area (TPSA) is 25.2 Å². The second kappa shape index (κ2) is 7.12. The molecule has 0 amide bonds. The Labute approximate surface area is 143 Å². The number of rotatable bonds is 3. The molecule has 0 radical (unpaired) electrons. The van der Waals surface area contributed by atoms with Crippen LogP contribution >= 0.6 is 44.3 Å². The van der Waals surface area contributed by atoms with E-state index in [2.05, 4.69) is 57.9 Å². The second-order valence-electron chi connectivity index (χ2n) is 5.49. The largest absolute Gasteiger partial charge is 0.460 e. The van der Waals surface area contributed by atoms with E-state index in [-0.39, 0.29) is 17.9 Å². The number of benzene rings is 1. The standard InChI is InChI=1S/C15H17Br2NO.ClH/c1-15(2,3)18-9-11-5-7-14(19-11)12-6-4-10(16)8-13(12)17;/h4-8,18H,9H2,1-3H3;1H. The average Bonchev–Trinajstić information content (AvgIpc) is 2.74. The molecular formula is C15H18Br2ClNO. The van der Waals surface area contributed by atoms with Crippen LogP contribution in [0.25, 0.3) is 11.3 Å². The molecule has 0 atom stereocenters. The molecule has 2 aromatic rings. The van der Waals surface area contributed by atoms with Gasteiger partial charge in [0, 0.05) is 20.0 Å². The molecular weight excluding hydrogens is 405 g/mol. The third-order valence-electron chi connectivity index (χ3n) is 2.65. The first-order valence-corrected chi connectivity index (χ1v) is 7.73. The van der Waals surface area contributed by atoms with Gasteiger partial charge in [-0.25, -0.2) is 0 Å². The molecule has 110 valence electrons. The van der Waals surface area contributed by atoms with Crippen molar-refractivity contribution in [2.45, 2.75) is 32.9 Å². The van der Waals surface area contributed by atoms with E-state index in [1.165, 1.54) is 0 Å². The number of hydrogen-bond donors (Lipinski definition) is 1. The minimum absolute atomic E-state index is 0. The summed E-state index contributed by atoms with van der Waals surface area (Å²) in [7, 11) is 0. The Bertz CT molecular complexity index is 575. The summed E-state index contributed by atoms with van der Waals surface area (Å²) in [5.74, 6) is 1.82. The summed E-state index contributed by atoms with van der Waals surface area (Å²) in [6.07, 6.45) is 0. The maximum absolute atomic E-state index is 5.88. The summed E-state index contributed by atoms with van der Waals surface area (Å²) in [5.41, 5.74) is 1.15. The summed E-state index contributed by atoms with van der Waals surface area (Å²) in [6, 6.07) is 10.1. The zero-order valence-corrected chi connectivity index (χ0v) is 15.7. The van der Waals surface area contributed by atoms with E-state index < -0.39 is 0 Å². The fraction of sp³-hybridized carbons (Fsp3) is 0.333. The Morgan fingerprint density at radius 3 is 2.40 bits per heavy atom. The Kier molecular flexibility index (Phi) is 6.32. The maximum atomic E-state index is 5.88. The van der Waals surface area contributed by atoms with Crippen LogP contribution < -0.4 is 5.32 Å². The lowest BCUT2D eigenvalue weighted by Gasteiger charge is -2.19. The molecule has 2 nitrogen and oxygen atoms in total. The highest BCUT2D eigenvalue weighted by atomic mass is 79.9. The van der Waals surface area contributed by atoms with Crippen molar-refractivity contribution in [2.24, 2.45) is 0 Å². The molecule has 0 aliphatic heterocycles. The van der Waals surface area contributed by atoms with Crippen LogP contribution in [-0.2, 0) is 6.54 Å². The summed E-state index contributed by atoms with van der Waals surface area (Å²) in [5, 5.41) is 3.41. The van der Waals surface area contributed by atoms with Crippen molar-refractivity contribution >= 4 is 44.3 Å². The zero-order valence-electron chi connectivity index (χ0n) is 11.7. The van der Waals surface area contributed by atoms with Crippen LogP contribution in [0.3, 0.4) is 0 Å².